The predicted octanol–water partition coefficient (Wildman–Crippen LogP) is 10.8. The molecule has 0 aliphatic rings. The molecule has 0 spiro atoms. The molecule has 0 saturated carbocycles. The van der Waals surface area contributed by atoms with E-state index in [1.54, 1.807) is 0 Å². The number of para-hydroxylation sites is 1. The molecular weight excluding hydrogens is 534 g/mol. The first-order valence-electron chi connectivity index (χ1n) is 12.5. The van der Waals surface area contributed by atoms with E-state index in [1.807, 2.05) is 11.3 Å². The van der Waals surface area contributed by atoms with E-state index in [0.717, 1.165) is 4.47 Å². The standard InChI is InChI=1S/C34H18BrNS/c35-28-16-17-29-32-23(8-4-12-27(28)32)25-10-5-9-24-21-15-14-19(18-30(21)36(29)33(24)25)20-7-3-11-26-22-6-1-2-13-31(22)37-34(20)26/h1-18H. The second kappa shape index (κ2) is 7.10. The Bertz CT molecular complexity index is 2370. The normalized spacial score (nSPS) is 12.5. The van der Waals surface area contributed by atoms with Crippen molar-refractivity contribution in [3.05, 3.63) is 114 Å². The summed E-state index contributed by atoms with van der Waals surface area (Å²) in [6.45, 7) is 0. The van der Waals surface area contributed by atoms with Gasteiger partial charge in [0, 0.05) is 46.2 Å². The first kappa shape index (κ1) is 20.2. The van der Waals surface area contributed by atoms with Crippen LogP contribution in [0, 0.1) is 0 Å². The summed E-state index contributed by atoms with van der Waals surface area (Å²) in [6, 6.07) is 40.4. The lowest BCUT2D eigenvalue weighted by atomic mass is 9.99. The molecule has 1 nitrogen and oxygen atoms in total. The monoisotopic (exact) mass is 551 g/mol. The zero-order chi connectivity index (χ0) is 24.2. The molecule has 3 heteroatoms. The van der Waals surface area contributed by atoms with Crippen LogP contribution in [0.1, 0.15) is 0 Å². The highest BCUT2D eigenvalue weighted by Gasteiger charge is 2.19. The van der Waals surface area contributed by atoms with Crippen molar-refractivity contribution in [1.82, 2.24) is 4.40 Å². The number of hydrogen-bond donors (Lipinski definition) is 0. The summed E-state index contributed by atoms with van der Waals surface area (Å²) in [6.07, 6.45) is 0. The van der Waals surface area contributed by atoms with Gasteiger partial charge in [0.15, 0.2) is 0 Å². The molecule has 9 rings (SSSR count). The Morgan fingerprint density at radius 1 is 0.541 bits per heavy atom. The van der Waals surface area contributed by atoms with Crippen LogP contribution in [0.2, 0.25) is 0 Å². The summed E-state index contributed by atoms with van der Waals surface area (Å²) in [5, 5.41) is 10.5. The average Bonchev–Trinajstić information content (AvgIpc) is 3.49. The lowest BCUT2D eigenvalue weighted by Gasteiger charge is -2.14. The summed E-state index contributed by atoms with van der Waals surface area (Å²) in [4.78, 5) is 0. The Balaban J connectivity index is 1.47. The summed E-state index contributed by atoms with van der Waals surface area (Å²) in [7, 11) is 0. The molecule has 9 aromatic rings. The van der Waals surface area contributed by atoms with Gasteiger partial charge in [0.2, 0.25) is 0 Å². The Morgan fingerprint density at radius 3 is 2.19 bits per heavy atom. The molecule has 0 fully saturated rings. The van der Waals surface area contributed by atoms with E-state index in [9.17, 15) is 0 Å². The van der Waals surface area contributed by atoms with Crippen molar-refractivity contribution in [2.75, 3.05) is 0 Å². The first-order chi connectivity index (χ1) is 18.3. The van der Waals surface area contributed by atoms with E-state index < -0.39 is 0 Å². The number of benzene rings is 6. The third-order valence-electron chi connectivity index (χ3n) is 8.00. The van der Waals surface area contributed by atoms with E-state index in [4.69, 9.17) is 0 Å². The van der Waals surface area contributed by atoms with Crippen LogP contribution in [0.4, 0.5) is 0 Å². The van der Waals surface area contributed by atoms with Crippen LogP contribution < -0.4 is 0 Å². The van der Waals surface area contributed by atoms with Crippen LogP contribution in [0.25, 0.3) is 80.2 Å². The van der Waals surface area contributed by atoms with Crippen LogP contribution in [-0.4, -0.2) is 4.40 Å². The van der Waals surface area contributed by atoms with Gasteiger partial charge in [0.05, 0.1) is 16.6 Å². The molecule has 37 heavy (non-hydrogen) atoms. The molecule has 0 N–H and O–H groups in total. The minimum atomic E-state index is 1.14. The lowest BCUT2D eigenvalue weighted by Crippen LogP contribution is -1.93. The molecule has 0 radical (unpaired) electrons. The van der Waals surface area contributed by atoms with E-state index in [-0.39, 0.29) is 0 Å². The first-order valence-corrected chi connectivity index (χ1v) is 14.1. The number of aromatic nitrogens is 1. The summed E-state index contributed by atoms with van der Waals surface area (Å²) < 4.78 is 6.33. The zero-order valence-electron chi connectivity index (χ0n) is 19.6. The maximum atomic E-state index is 3.81. The molecule has 3 aromatic heterocycles. The fourth-order valence-corrected chi connectivity index (χ4v) is 8.14. The van der Waals surface area contributed by atoms with Crippen molar-refractivity contribution < 1.29 is 0 Å². The van der Waals surface area contributed by atoms with Crippen molar-refractivity contribution in [2.45, 2.75) is 0 Å². The van der Waals surface area contributed by atoms with Crippen molar-refractivity contribution in [1.29, 1.82) is 0 Å². The van der Waals surface area contributed by atoms with Crippen molar-refractivity contribution in [2.24, 2.45) is 0 Å². The van der Waals surface area contributed by atoms with Crippen LogP contribution in [0.15, 0.2) is 114 Å². The number of hydrogen-bond acceptors (Lipinski definition) is 1. The molecule has 172 valence electrons. The van der Waals surface area contributed by atoms with Crippen molar-refractivity contribution in [3.63, 3.8) is 0 Å². The maximum absolute atomic E-state index is 3.81. The molecular formula is C34H18BrNS. The maximum Gasteiger partial charge on any atom is 0.0619 e. The second-order valence-electron chi connectivity index (χ2n) is 9.84. The SMILES string of the molecule is Brc1ccc2c3c1cccc3c1cccc3c4ccc(-c5cccc6c5sc5ccccc56)cc4n2c13. The van der Waals surface area contributed by atoms with Gasteiger partial charge in [0.25, 0.3) is 0 Å². The van der Waals surface area contributed by atoms with E-state index in [1.165, 1.54) is 80.2 Å². The molecule has 6 aromatic carbocycles. The van der Waals surface area contributed by atoms with Gasteiger partial charge in [-0.25, -0.2) is 0 Å². The summed E-state index contributed by atoms with van der Waals surface area (Å²) in [5.41, 5.74) is 6.38. The Kier molecular flexibility index (Phi) is 3.87. The Labute approximate surface area is 224 Å². The Hall–Kier alpha value is -3.92. The van der Waals surface area contributed by atoms with Gasteiger partial charge < -0.3 is 4.40 Å². The predicted molar refractivity (Wildman–Crippen MR) is 165 cm³/mol. The molecule has 0 amide bonds. The van der Waals surface area contributed by atoms with Crippen LogP contribution in [0.5, 0.6) is 0 Å². The zero-order valence-corrected chi connectivity index (χ0v) is 22.0. The van der Waals surface area contributed by atoms with Crippen molar-refractivity contribution >= 4 is 96.3 Å². The number of nitrogens with zero attached hydrogens (tertiary/aromatic N) is 1. The number of thiophene rings is 1. The van der Waals surface area contributed by atoms with Gasteiger partial charge >= 0.3 is 0 Å². The highest BCUT2D eigenvalue weighted by molar-refractivity contribution is 9.10. The van der Waals surface area contributed by atoms with Gasteiger partial charge in [-0.05, 0) is 46.2 Å². The quantitative estimate of drug-likeness (QED) is 0.141. The lowest BCUT2D eigenvalue weighted by molar-refractivity contribution is 1.35. The molecule has 0 aliphatic heterocycles. The highest BCUT2D eigenvalue weighted by atomic mass is 79.9. The molecule has 0 atom stereocenters. The fourth-order valence-electron chi connectivity index (χ4n) is 6.44. The van der Waals surface area contributed by atoms with Crippen molar-refractivity contribution in [3.8, 4) is 11.1 Å². The van der Waals surface area contributed by atoms with Gasteiger partial charge in [-0.15, -0.1) is 11.3 Å². The summed E-state index contributed by atoms with van der Waals surface area (Å²) >= 11 is 5.70. The fraction of sp³-hybridized carbons (Fsp3) is 0. The third kappa shape index (κ3) is 2.53. The van der Waals surface area contributed by atoms with Crippen LogP contribution in [-0.2, 0) is 0 Å². The molecule has 0 aliphatic carbocycles. The van der Waals surface area contributed by atoms with Gasteiger partial charge in [0.1, 0.15) is 0 Å². The van der Waals surface area contributed by atoms with E-state index >= 15 is 0 Å². The third-order valence-corrected chi connectivity index (χ3v) is 9.91. The molecule has 3 heterocycles. The molecule has 0 saturated heterocycles. The van der Waals surface area contributed by atoms with Gasteiger partial charge in [-0.3, -0.25) is 0 Å². The van der Waals surface area contributed by atoms with Gasteiger partial charge in [-0.1, -0.05) is 101 Å². The molecule has 0 unspecified atom stereocenters. The van der Waals surface area contributed by atoms with E-state index in [2.05, 4.69) is 130 Å². The number of fused-ring (bicyclic) bond motifs is 8. The van der Waals surface area contributed by atoms with Gasteiger partial charge in [-0.2, -0.15) is 0 Å². The van der Waals surface area contributed by atoms with Crippen LogP contribution >= 0.6 is 27.3 Å². The average molecular weight is 552 g/mol. The second-order valence-corrected chi connectivity index (χ2v) is 11.8. The number of halogens is 1. The minimum Gasteiger partial charge on any atom is -0.308 e. The topological polar surface area (TPSA) is 4.41 Å². The number of pyridine rings is 1. The smallest absolute Gasteiger partial charge is 0.0619 e. The number of rotatable bonds is 1. The van der Waals surface area contributed by atoms with E-state index in [0.29, 0.717) is 0 Å². The van der Waals surface area contributed by atoms with Crippen LogP contribution in [0.3, 0.4) is 0 Å². The largest absolute Gasteiger partial charge is 0.308 e. The molecule has 0 bridgehead atoms. The highest BCUT2D eigenvalue weighted by Crippen LogP contribution is 2.44. The Morgan fingerprint density at radius 2 is 1.27 bits per heavy atom. The minimum absolute atomic E-state index is 1.14. The summed E-state index contributed by atoms with van der Waals surface area (Å²) in [5.74, 6) is 0.